The van der Waals surface area contributed by atoms with Gasteiger partial charge >= 0.3 is 0 Å². The highest BCUT2D eigenvalue weighted by Crippen LogP contribution is 2.47. The van der Waals surface area contributed by atoms with Crippen LogP contribution < -0.4 is 5.73 Å². The molecule has 0 aromatic carbocycles. The van der Waals surface area contributed by atoms with Crippen LogP contribution in [0.15, 0.2) is 0 Å². The van der Waals surface area contributed by atoms with Crippen molar-refractivity contribution in [2.45, 2.75) is 57.4 Å². The summed E-state index contributed by atoms with van der Waals surface area (Å²) >= 11 is 0. The summed E-state index contributed by atoms with van der Waals surface area (Å²) in [6.45, 7) is 5.28. The zero-order valence-electron chi connectivity index (χ0n) is 13.7. The number of likely N-dealkylation sites (tertiary alicyclic amines) is 2. The predicted molar refractivity (Wildman–Crippen MR) is 86.9 cm³/mol. The molecule has 0 spiro atoms. The Kier molecular flexibility index (Phi) is 6.79. The second-order valence-electron chi connectivity index (χ2n) is 7.37. The van der Waals surface area contributed by atoms with Crippen LogP contribution in [-0.2, 0) is 0 Å². The van der Waals surface area contributed by atoms with Gasteiger partial charge in [-0.2, -0.15) is 0 Å². The number of rotatable bonds is 0. The first-order valence-corrected chi connectivity index (χ1v) is 8.78. The van der Waals surface area contributed by atoms with Crippen LogP contribution in [0.5, 0.6) is 0 Å². The maximum atomic E-state index is 5.72. The average Bonchev–Trinajstić information content (AvgIpc) is 3.07. The van der Waals surface area contributed by atoms with Crippen molar-refractivity contribution in [3.8, 4) is 0 Å². The minimum atomic E-state index is 0.588. The van der Waals surface area contributed by atoms with Gasteiger partial charge < -0.3 is 15.5 Å². The number of fused-ring (bicyclic) bond motifs is 1. The van der Waals surface area contributed by atoms with Crippen molar-refractivity contribution in [2.24, 2.45) is 17.6 Å². The standard InChI is InChI=1S/C6H11N.C6H13N.C5H11N/c7-6-3-4-1-5(6)2-4;1-7-5-3-2-4-6-7;1-6-4-2-3-5-6/h4-6H,1-3,7H2;2-6H2,1H3;2-5H2,1H3. The van der Waals surface area contributed by atoms with E-state index in [4.69, 9.17) is 5.73 Å². The molecule has 20 heavy (non-hydrogen) atoms. The van der Waals surface area contributed by atoms with Crippen molar-refractivity contribution in [1.82, 2.24) is 9.80 Å². The van der Waals surface area contributed by atoms with Gasteiger partial charge in [0.05, 0.1) is 0 Å². The van der Waals surface area contributed by atoms with Gasteiger partial charge in [-0.15, -0.1) is 0 Å². The molecule has 1 atom stereocenters. The van der Waals surface area contributed by atoms with Gasteiger partial charge in [-0.1, -0.05) is 6.42 Å². The number of nitrogens with two attached hydrogens (primary N) is 1. The van der Waals surface area contributed by atoms with Gasteiger partial charge in [0.25, 0.3) is 0 Å². The highest BCUT2D eigenvalue weighted by atomic mass is 15.1. The van der Waals surface area contributed by atoms with E-state index in [-0.39, 0.29) is 0 Å². The summed E-state index contributed by atoms with van der Waals surface area (Å²) < 4.78 is 0. The fourth-order valence-electron chi connectivity index (χ4n) is 3.83. The van der Waals surface area contributed by atoms with Crippen molar-refractivity contribution in [3.05, 3.63) is 0 Å². The Bertz CT molecular complexity index is 249. The molecule has 0 aromatic heterocycles. The Hall–Kier alpha value is -0.120. The van der Waals surface area contributed by atoms with Crippen molar-refractivity contribution < 1.29 is 0 Å². The molecular formula is C17H35N3. The van der Waals surface area contributed by atoms with Gasteiger partial charge in [0, 0.05) is 6.04 Å². The van der Waals surface area contributed by atoms with Gasteiger partial charge in [0.2, 0.25) is 0 Å². The monoisotopic (exact) mass is 281 g/mol. The van der Waals surface area contributed by atoms with E-state index in [0.29, 0.717) is 6.04 Å². The zero-order chi connectivity index (χ0) is 14.4. The van der Waals surface area contributed by atoms with E-state index in [1.165, 1.54) is 77.5 Å². The molecule has 0 aromatic rings. The molecule has 0 amide bonds. The molecular weight excluding hydrogens is 246 g/mol. The molecule has 2 aliphatic heterocycles. The second kappa shape index (κ2) is 8.35. The third kappa shape index (κ3) is 5.34. The minimum Gasteiger partial charge on any atom is -0.327 e. The molecule has 2 N–H and O–H groups in total. The van der Waals surface area contributed by atoms with E-state index in [1.807, 2.05) is 0 Å². The number of hydrogen-bond donors (Lipinski definition) is 1. The van der Waals surface area contributed by atoms with Crippen molar-refractivity contribution in [1.29, 1.82) is 0 Å². The number of nitrogens with zero attached hydrogens (tertiary/aromatic N) is 2. The first kappa shape index (κ1) is 16.3. The van der Waals surface area contributed by atoms with E-state index in [2.05, 4.69) is 23.9 Å². The van der Waals surface area contributed by atoms with Crippen LogP contribution in [-0.4, -0.2) is 56.1 Å². The first-order chi connectivity index (χ1) is 9.65. The van der Waals surface area contributed by atoms with Gasteiger partial charge in [0.15, 0.2) is 0 Å². The summed E-state index contributed by atoms with van der Waals surface area (Å²) in [6.07, 6.45) is 11.3. The molecule has 3 saturated carbocycles. The highest BCUT2D eigenvalue weighted by molar-refractivity contribution is 4.96. The molecule has 0 radical (unpaired) electrons. The van der Waals surface area contributed by atoms with Crippen LogP contribution in [0.3, 0.4) is 0 Å². The maximum Gasteiger partial charge on any atom is 0.00700 e. The quantitative estimate of drug-likeness (QED) is 0.741. The zero-order valence-corrected chi connectivity index (χ0v) is 13.7. The van der Waals surface area contributed by atoms with Crippen molar-refractivity contribution in [2.75, 3.05) is 40.3 Å². The number of piperidine rings is 1. The highest BCUT2D eigenvalue weighted by Gasteiger charge is 2.41. The minimum absolute atomic E-state index is 0.588. The fourth-order valence-corrected chi connectivity index (χ4v) is 3.83. The molecule has 2 heterocycles. The lowest BCUT2D eigenvalue weighted by molar-refractivity contribution is 0.277. The molecule has 5 aliphatic rings. The largest absolute Gasteiger partial charge is 0.327 e. The lowest BCUT2D eigenvalue weighted by atomic mass is 9.84. The first-order valence-electron chi connectivity index (χ1n) is 8.78. The summed E-state index contributed by atoms with van der Waals surface area (Å²) in [5.74, 6) is 1.98. The molecule has 118 valence electrons. The Morgan fingerprint density at radius 2 is 1.15 bits per heavy atom. The summed E-state index contributed by atoms with van der Waals surface area (Å²) in [5.41, 5.74) is 5.72. The Labute approximate surface area is 125 Å². The second-order valence-corrected chi connectivity index (χ2v) is 7.37. The van der Waals surface area contributed by atoms with Gasteiger partial charge in [-0.25, -0.2) is 0 Å². The molecule has 3 heteroatoms. The fraction of sp³-hybridized carbons (Fsp3) is 1.00. The SMILES string of the molecule is CN1CCCC1.CN1CCCCC1.NC1CC2CC1C2. The van der Waals surface area contributed by atoms with Crippen LogP contribution >= 0.6 is 0 Å². The maximum absolute atomic E-state index is 5.72. The van der Waals surface area contributed by atoms with E-state index >= 15 is 0 Å². The average molecular weight is 281 g/mol. The Balaban J connectivity index is 0.000000111. The third-order valence-electron chi connectivity index (χ3n) is 5.39. The summed E-state index contributed by atoms with van der Waals surface area (Å²) in [6, 6.07) is 0.588. The normalized spacial score (nSPS) is 36.5. The third-order valence-corrected chi connectivity index (χ3v) is 5.39. The van der Waals surface area contributed by atoms with Crippen LogP contribution in [0.1, 0.15) is 51.4 Å². The summed E-state index contributed by atoms with van der Waals surface area (Å²) in [7, 11) is 4.37. The summed E-state index contributed by atoms with van der Waals surface area (Å²) in [5, 5.41) is 0. The molecule has 2 saturated heterocycles. The van der Waals surface area contributed by atoms with Gasteiger partial charge in [-0.05, 0) is 97.1 Å². The molecule has 5 rings (SSSR count). The molecule has 2 bridgehead atoms. The van der Waals surface area contributed by atoms with Gasteiger partial charge in [0.1, 0.15) is 0 Å². The lowest BCUT2D eigenvalue weighted by Crippen LogP contribution is -2.24. The van der Waals surface area contributed by atoms with Gasteiger partial charge in [-0.3, -0.25) is 0 Å². The van der Waals surface area contributed by atoms with E-state index in [1.54, 1.807) is 0 Å². The Morgan fingerprint density at radius 3 is 1.30 bits per heavy atom. The smallest absolute Gasteiger partial charge is 0.00700 e. The lowest BCUT2D eigenvalue weighted by Gasteiger charge is -2.22. The van der Waals surface area contributed by atoms with E-state index < -0.39 is 0 Å². The van der Waals surface area contributed by atoms with E-state index in [9.17, 15) is 0 Å². The van der Waals surface area contributed by atoms with E-state index in [0.717, 1.165) is 11.8 Å². The molecule has 1 unspecified atom stereocenters. The molecule has 3 nitrogen and oxygen atoms in total. The molecule has 3 aliphatic carbocycles. The number of hydrogen-bond acceptors (Lipinski definition) is 3. The van der Waals surface area contributed by atoms with Crippen LogP contribution in [0, 0.1) is 11.8 Å². The predicted octanol–water partition coefficient (Wildman–Crippen LogP) is 2.56. The van der Waals surface area contributed by atoms with Crippen LogP contribution in [0.4, 0.5) is 0 Å². The van der Waals surface area contributed by atoms with Crippen molar-refractivity contribution >= 4 is 0 Å². The van der Waals surface area contributed by atoms with Crippen LogP contribution in [0.2, 0.25) is 0 Å². The van der Waals surface area contributed by atoms with Crippen molar-refractivity contribution in [3.63, 3.8) is 0 Å². The van der Waals surface area contributed by atoms with Crippen LogP contribution in [0.25, 0.3) is 0 Å². The Morgan fingerprint density at radius 1 is 0.700 bits per heavy atom. The summed E-state index contributed by atoms with van der Waals surface area (Å²) in [4.78, 5) is 4.75. The topological polar surface area (TPSA) is 32.5 Å². The molecule has 5 fully saturated rings.